The van der Waals surface area contributed by atoms with Gasteiger partial charge in [0.25, 0.3) is 0 Å². The van der Waals surface area contributed by atoms with Crippen LogP contribution in [-0.2, 0) is 9.59 Å². The molecule has 0 atom stereocenters. The molecule has 5 heteroatoms. The molecule has 152 valence electrons. The van der Waals surface area contributed by atoms with Gasteiger partial charge in [0.05, 0.1) is 6.07 Å². The Kier molecular flexibility index (Phi) is 6.94. The summed E-state index contributed by atoms with van der Waals surface area (Å²) in [6.45, 7) is 12.9. The summed E-state index contributed by atoms with van der Waals surface area (Å²) in [6.07, 6.45) is 5.79. The summed E-state index contributed by atoms with van der Waals surface area (Å²) in [7, 11) is 0. The number of nitrogens with zero attached hydrogens (tertiary/aromatic N) is 2. The van der Waals surface area contributed by atoms with E-state index in [1.54, 1.807) is 4.90 Å². The molecular formula is C22H37N3O2. The van der Waals surface area contributed by atoms with Crippen molar-refractivity contribution in [1.82, 2.24) is 10.2 Å². The molecule has 0 spiro atoms. The van der Waals surface area contributed by atoms with Crippen molar-refractivity contribution in [3.63, 3.8) is 0 Å². The predicted molar refractivity (Wildman–Crippen MR) is 107 cm³/mol. The van der Waals surface area contributed by atoms with Crippen molar-refractivity contribution >= 4 is 11.8 Å². The summed E-state index contributed by atoms with van der Waals surface area (Å²) in [5.74, 6) is 0.677. The Balaban J connectivity index is 1.83. The van der Waals surface area contributed by atoms with E-state index in [1.165, 1.54) is 12.8 Å². The van der Waals surface area contributed by atoms with Crippen molar-refractivity contribution in [3.05, 3.63) is 0 Å². The van der Waals surface area contributed by atoms with Gasteiger partial charge in [-0.1, -0.05) is 34.6 Å². The van der Waals surface area contributed by atoms with Gasteiger partial charge in [0.1, 0.15) is 6.42 Å². The highest BCUT2D eigenvalue weighted by molar-refractivity contribution is 5.81. The Labute approximate surface area is 164 Å². The van der Waals surface area contributed by atoms with Gasteiger partial charge in [0.15, 0.2) is 0 Å². The van der Waals surface area contributed by atoms with Crippen molar-refractivity contribution in [2.45, 2.75) is 85.6 Å². The van der Waals surface area contributed by atoms with E-state index in [9.17, 15) is 9.59 Å². The van der Waals surface area contributed by atoms with Crippen LogP contribution in [0.25, 0.3) is 0 Å². The van der Waals surface area contributed by atoms with E-state index < -0.39 is 0 Å². The van der Waals surface area contributed by atoms with Crippen LogP contribution in [0.5, 0.6) is 0 Å². The molecule has 2 aliphatic rings. The van der Waals surface area contributed by atoms with E-state index in [4.69, 9.17) is 5.26 Å². The number of hydrogen-bond donors (Lipinski definition) is 1. The van der Waals surface area contributed by atoms with Crippen molar-refractivity contribution in [2.24, 2.45) is 22.7 Å². The molecule has 1 heterocycles. The van der Waals surface area contributed by atoms with Crippen LogP contribution in [0, 0.1) is 34.0 Å². The van der Waals surface area contributed by atoms with Crippen LogP contribution in [-0.4, -0.2) is 35.8 Å². The maximum absolute atomic E-state index is 12.7. The van der Waals surface area contributed by atoms with Crippen molar-refractivity contribution in [2.75, 3.05) is 13.1 Å². The number of piperidine rings is 1. The molecule has 1 saturated carbocycles. The summed E-state index contributed by atoms with van der Waals surface area (Å²) in [5, 5.41) is 11.9. The average molecular weight is 376 g/mol. The molecule has 0 aromatic rings. The molecule has 1 aliphatic carbocycles. The number of likely N-dealkylation sites (tertiary alicyclic amines) is 1. The van der Waals surface area contributed by atoms with Crippen LogP contribution < -0.4 is 5.32 Å². The van der Waals surface area contributed by atoms with Crippen molar-refractivity contribution < 1.29 is 9.59 Å². The summed E-state index contributed by atoms with van der Waals surface area (Å²) in [6, 6.07) is 2.19. The molecule has 27 heavy (non-hydrogen) atoms. The lowest BCUT2D eigenvalue weighted by molar-refractivity contribution is -0.135. The third-order valence-electron chi connectivity index (χ3n) is 7.27. The van der Waals surface area contributed by atoms with Gasteiger partial charge in [-0.15, -0.1) is 0 Å². The van der Waals surface area contributed by atoms with Gasteiger partial charge in [0.2, 0.25) is 11.8 Å². The molecule has 2 amide bonds. The third-order valence-corrected chi connectivity index (χ3v) is 7.27. The molecule has 0 unspecified atom stereocenters. The molecule has 0 aromatic heterocycles. The van der Waals surface area contributed by atoms with E-state index in [0.29, 0.717) is 37.3 Å². The summed E-state index contributed by atoms with van der Waals surface area (Å²) < 4.78 is 0. The van der Waals surface area contributed by atoms with Gasteiger partial charge in [0, 0.05) is 25.0 Å². The number of nitriles is 1. The Bertz CT molecular complexity index is 569. The molecule has 0 bridgehead atoms. The van der Waals surface area contributed by atoms with Gasteiger partial charge < -0.3 is 10.2 Å². The second-order valence-electron chi connectivity index (χ2n) is 9.83. The zero-order valence-electron chi connectivity index (χ0n) is 17.8. The minimum absolute atomic E-state index is 0.00413. The van der Waals surface area contributed by atoms with Crippen LogP contribution >= 0.6 is 0 Å². The fourth-order valence-corrected chi connectivity index (χ4v) is 5.36. The Hall–Kier alpha value is -1.57. The molecule has 5 nitrogen and oxygen atoms in total. The number of nitrogens with one attached hydrogen (secondary N) is 1. The summed E-state index contributed by atoms with van der Waals surface area (Å²) >= 11 is 0. The minimum Gasteiger partial charge on any atom is -0.353 e. The first kappa shape index (κ1) is 21.7. The summed E-state index contributed by atoms with van der Waals surface area (Å²) in [5.41, 5.74) is 0.625. The van der Waals surface area contributed by atoms with E-state index in [-0.39, 0.29) is 35.6 Å². The maximum Gasteiger partial charge on any atom is 0.236 e. The smallest absolute Gasteiger partial charge is 0.236 e. The fraction of sp³-hybridized carbons (Fsp3) is 0.864. The topological polar surface area (TPSA) is 73.2 Å². The van der Waals surface area contributed by atoms with E-state index in [0.717, 1.165) is 12.8 Å². The minimum atomic E-state index is -0.115. The predicted octanol–water partition coefficient (Wildman–Crippen LogP) is 3.89. The van der Waals surface area contributed by atoms with Crippen LogP contribution in [0.15, 0.2) is 0 Å². The Morgan fingerprint density at radius 1 is 1.15 bits per heavy atom. The van der Waals surface area contributed by atoms with E-state index >= 15 is 0 Å². The number of hydrogen-bond acceptors (Lipinski definition) is 3. The first-order valence-corrected chi connectivity index (χ1v) is 10.6. The van der Waals surface area contributed by atoms with Gasteiger partial charge in [-0.05, 0) is 55.3 Å². The molecule has 0 radical (unpaired) electrons. The Morgan fingerprint density at radius 2 is 1.70 bits per heavy atom. The second-order valence-corrected chi connectivity index (χ2v) is 9.83. The van der Waals surface area contributed by atoms with Crippen LogP contribution in [0.1, 0.15) is 79.6 Å². The fourth-order valence-electron chi connectivity index (χ4n) is 5.36. The highest BCUT2D eigenvalue weighted by Gasteiger charge is 2.46. The molecule has 1 saturated heterocycles. The molecule has 1 aliphatic heterocycles. The van der Waals surface area contributed by atoms with Gasteiger partial charge in [-0.2, -0.15) is 5.26 Å². The molecule has 0 aromatic carbocycles. The quantitative estimate of drug-likeness (QED) is 0.810. The average Bonchev–Trinajstić information content (AvgIpc) is 2.61. The lowest BCUT2D eigenvalue weighted by Crippen LogP contribution is -2.50. The highest BCUT2D eigenvalue weighted by Crippen LogP contribution is 2.54. The first-order valence-electron chi connectivity index (χ1n) is 10.6. The zero-order chi connectivity index (χ0) is 20.2. The number of amides is 2. The molecular weight excluding hydrogens is 338 g/mol. The monoisotopic (exact) mass is 375 g/mol. The SMILES string of the molecule is CC(C)C1(C(C)(C)C)CCC(NC(=O)C2CCN(C(=O)CC#N)CC2)CC1. The van der Waals surface area contributed by atoms with Crippen molar-refractivity contribution in [1.29, 1.82) is 5.26 Å². The van der Waals surface area contributed by atoms with Crippen molar-refractivity contribution in [3.8, 4) is 6.07 Å². The molecule has 1 N–H and O–H groups in total. The largest absolute Gasteiger partial charge is 0.353 e. The lowest BCUT2D eigenvalue weighted by atomic mass is 9.54. The standard InChI is InChI=1S/C22H37N3O2/c1-16(2)22(21(3,4)5)11-6-18(7-12-22)24-20(27)17-9-14-25(15-10-17)19(26)8-13-23/h16-18H,6-12,14-15H2,1-5H3,(H,24,27). The normalized spacial score (nSPS) is 27.3. The maximum atomic E-state index is 12.7. The first-order chi connectivity index (χ1) is 12.6. The van der Waals surface area contributed by atoms with Gasteiger partial charge in [-0.25, -0.2) is 0 Å². The zero-order valence-corrected chi connectivity index (χ0v) is 17.8. The highest BCUT2D eigenvalue weighted by atomic mass is 16.2. The van der Waals surface area contributed by atoms with Gasteiger partial charge in [-0.3, -0.25) is 9.59 Å². The molecule has 2 rings (SSSR count). The Morgan fingerprint density at radius 3 is 2.15 bits per heavy atom. The van der Waals surface area contributed by atoms with Crippen LogP contribution in [0.2, 0.25) is 0 Å². The molecule has 2 fully saturated rings. The lowest BCUT2D eigenvalue weighted by Gasteiger charge is -2.52. The number of carbonyl (C=O) groups excluding carboxylic acids is 2. The third kappa shape index (κ3) is 4.83. The second kappa shape index (κ2) is 8.63. The number of rotatable bonds is 4. The summed E-state index contributed by atoms with van der Waals surface area (Å²) in [4.78, 5) is 26.2. The van der Waals surface area contributed by atoms with E-state index in [1.807, 2.05) is 6.07 Å². The number of carbonyl (C=O) groups is 2. The van der Waals surface area contributed by atoms with Crippen LogP contribution in [0.4, 0.5) is 0 Å². The van der Waals surface area contributed by atoms with E-state index in [2.05, 4.69) is 39.9 Å². The van der Waals surface area contributed by atoms with Gasteiger partial charge >= 0.3 is 0 Å². The van der Waals surface area contributed by atoms with Crippen LogP contribution in [0.3, 0.4) is 0 Å².